The van der Waals surface area contributed by atoms with Gasteiger partial charge in [-0.05, 0) is 60.8 Å². The Morgan fingerprint density at radius 2 is 1.69 bits per heavy atom. The van der Waals surface area contributed by atoms with Gasteiger partial charge in [-0.2, -0.15) is 0 Å². The maximum absolute atomic E-state index is 12.6. The van der Waals surface area contributed by atoms with Crippen molar-refractivity contribution < 1.29 is 8.42 Å². The number of benzene rings is 2. The van der Waals surface area contributed by atoms with E-state index in [4.69, 9.17) is 0 Å². The fourth-order valence-corrected chi connectivity index (χ4v) is 4.44. The van der Waals surface area contributed by atoms with E-state index in [0.717, 1.165) is 30.5 Å². The molecular weight excluding hydrogens is 344 g/mol. The number of hydrogen-bond acceptors (Lipinski definition) is 3. The number of nitrogens with one attached hydrogen (secondary N) is 1. The molecule has 0 radical (unpaired) electrons. The van der Waals surface area contributed by atoms with Gasteiger partial charge in [-0.1, -0.05) is 42.5 Å². The zero-order chi connectivity index (χ0) is 18.7. The number of nitrogens with zero attached hydrogens (tertiary/aromatic N) is 1. The molecule has 1 unspecified atom stereocenters. The molecule has 1 aliphatic rings. The molecule has 0 spiro atoms. The lowest BCUT2D eigenvalue weighted by molar-refractivity contribution is 0.520. The van der Waals surface area contributed by atoms with Gasteiger partial charge in [0.15, 0.2) is 0 Å². The number of fused-ring (bicyclic) bond motifs is 2. The Balaban J connectivity index is 2.13. The molecule has 0 bridgehead atoms. The maximum Gasteiger partial charge on any atom is 0.242 e. The predicted molar refractivity (Wildman–Crippen MR) is 108 cm³/mol. The van der Waals surface area contributed by atoms with Crippen molar-refractivity contribution in [3.8, 4) is 0 Å². The first-order valence-electron chi connectivity index (χ1n) is 8.93. The summed E-state index contributed by atoms with van der Waals surface area (Å²) >= 11 is 0. The molecular formula is C21H26N2O2S. The summed E-state index contributed by atoms with van der Waals surface area (Å²) in [7, 11) is 1.65. The van der Waals surface area contributed by atoms with Crippen molar-refractivity contribution in [1.82, 2.24) is 9.62 Å². The van der Waals surface area contributed by atoms with Crippen LogP contribution in [-0.4, -0.2) is 40.4 Å². The molecule has 3 rings (SSSR count). The molecule has 26 heavy (non-hydrogen) atoms. The number of sulfonamides is 1. The van der Waals surface area contributed by atoms with Crippen LogP contribution < -0.4 is 5.32 Å². The third kappa shape index (κ3) is 3.61. The van der Waals surface area contributed by atoms with Gasteiger partial charge in [0.1, 0.15) is 0 Å². The van der Waals surface area contributed by atoms with Gasteiger partial charge in [-0.15, -0.1) is 0 Å². The minimum absolute atomic E-state index is 0.182. The van der Waals surface area contributed by atoms with Crippen molar-refractivity contribution in [1.29, 1.82) is 0 Å². The van der Waals surface area contributed by atoms with E-state index in [1.54, 1.807) is 20.2 Å². The monoisotopic (exact) mass is 370 g/mol. The van der Waals surface area contributed by atoms with Crippen LogP contribution in [0.15, 0.2) is 47.4 Å². The Kier molecular flexibility index (Phi) is 5.61. The van der Waals surface area contributed by atoms with Crippen LogP contribution in [0.1, 0.15) is 41.0 Å². The molecule has 0 heterocycles. The second kappa shape index (κ2) is 7.74. The summed E-state index contributed by atoms with van der Waals surface area (Å²) in [5.74, 6) is 0.182. The van der Waals surface area contributed by atoms with Crippen molar-refractivity contribution >= 4 is 22.2 Å². The van der Waals surface area contributed by atoms with Gasteiger partial charge in [0.05, 0.1) is 4.90 Å². The van der Waals surface area contributed by atoms with Crippen molar-refractivity contribution in [2.75, 3.05) is 27.7 Å². The highest BCUT2D eigenvalue weighted by Gasteiger charge is 2.24. The fraction of sp³-hybridized carbons (Fsp3) is 0.333. The van der Waals surface area contributed by atoms with Crippen LogP contribution >= 0.6 is 0 Å². The predicted octanol–water partition coefficient (Wildman–Crippen LogP) is 3.55. The molecule has 0 aliphatic heterocycles. The molecule has 0 fully saturated rings. The number of rotatable bonds is 6. The summed E-state index contributed by atoms with van der Waals surface area (Å²) in [5, 5.41) is 3.20. The minimum Gasteiger partial charge on any atom is -0.320 e. The Morgan fingerprint density at radius 3 is 2.38 bits per heavy atom. The quantitative estimate of drug-likeness (QED) is 0.791. The Hall–Kier alpha value is -1.95. The van der Waals surface area contributed by atoms with Gasteiger partial charge < -0.3 is 5.32 Å². The zero-order valence-electron chi connectivity index (χ0n) is 15.6. The number of hydrogen-bond donors (Lipinski definition) is 1. The molecule has 1 atom stereocenters. The fourth-order valence-electron chi connectivity index (χ4n) is 3.50. The summed E-state index contributed by atoms with van der Waals surface area (Å²) in [4.78, 5) is 0.354. The second-order valence-corrected chi connectivity index (χ2v) is 8.99. The van der Waals surface area contributed by atoms with Gasteiger partial charge in [-0.3, -0.25) is 0 Å². The van der Waals surface area contributed by atoms with Crippen LogP contribution in [0, 0.1) is 0 Å². The first-order chi connectivity index (χ1) is 12.4. The van der Waals surface area contributed by atoms with E-state index < -0.39 is 10.0 Å². The normalized spacial score (nSPS) is 16.2. The molecule has 1 aliphatic carbocycles. The topological polar surface area (TPSA) is 49.4 Å². The van der Waals surface area contributed by atoms with E-state index in [0.29, 0.717) is 4.90 Å². The standard InChI is InChI=1S/C21H26N2O2S/c1-22-14-6-9-20-19-8-5-4-7-16(19)10-11-17-12-13-18(15-21(17)20)26(24,25)23(2)3/h4-5,7-8,10-13,15,20,22H,6,9,14H2,1-3H3. The highest BCUT2D eigenvalue weighted by molar-refractivity contribution is 7.89. The second-order valence-electron chi connectivity index (χ2n) is 6.84. The van der Waals surface area contributed by atoms with Gasteiger partial charge >= 0.3 is 0 Å². The summed E-state index contributed by atoms with van der Waals surface area (Å²) in [6.45, 7) is 0.942. The molecule has 0 aromatic heterocycles. The van der Waals surface area contributed by atoms with Crippen LogP contribution in [0.4, 0.5) is 0 Å². The Labute approximate surface area is 156 Å². The van der Waals surface area contributed by atoms with Crippen LogP contribution in [0.3, 0.4) is 0 Å². The van der Waals surface area contributed by atoms with Crippen molar-refractivity contribution in [3.05, 3.63) is 64.7 Å². The first-order valence-corrected chi connectivity index (χ1v) is 10.4. The van der Waals surface area contributed by atoms with E-state index in [9.17, 15) is 8.42 Å². The van der Waals surface area contributed by atoms with E-state index in [-0.39, 0.29) is 5.92 Å². The van der Waals surface area contributed by atoms with Gasteiger partial charge in [-0.25, -0.2) is 12.7 Å². The van der Waals surface area contributed by atoms with E-state index in [1.165, 1.54) is 15.4 Å². The average Bonchev–Trinajstić information content (AvgIpc) is 2.79. The van der Waals surface area contributed by atoms with Crippen LogP contribution in [0.25, 0.3) is 12.2 Å². The molecule has 138 valence electrons. The molecule has 0 saturated carbocycles. The van der Waals surface area contributed by atoms with Crippen molar-refractivity contribution in [2.45, 2.75) is 23.7 Å². The molecule has 0 amide bonds. The molecule has 4 nitrogen and oxygen atoms in total. The van der Waals surface area contributed by atoms with Crippen molar-refractivity contribution in [3.63, 3.8) is 0 Å². The van der Waals surface area contributed by atoms with E-state index in [1.807, 2.05) is 25.2 Å². The van der Waals surface area contributed by atoms with Gasteiger partial charge in [0, 0.05) is 20.0 Å². The highest BCUT2D eigenvalue weighted by atomic mass is 32.2. The highest BCUT2D eigenvalue weighted by Crippen LogP contribution is 2.38. The van der Waals surface area contributed by atoms with Gasteiger partial charge in [0.2, 0.25) is 10.0 Å². The Morgan fingerprint density at radius 1 is 1.00 bits per heavy atom. The largest absolute Gasteiger partial charge is 0.320 e. The Bertz CT molecular complexity index is 917. The van der Waals surface area contributed by atoms with E-state index >= 15 is 0 Å². The summed E-state index contributed by atoms with van der Waals surface area (Å²) < 4.78 is 26.5. The lowest BCUT2D eigenvalue weighted by Crippen LogP contribution is -2.22. The van der Waals surface area contributed by atoms with E-state index in [2.05, 4.69) is 35.7 Å². The molecule has 2 aromatic rings. The van der Waals surface area contributed by atoms with Crippen LogP contribution in [0.5, 0.6) is 0 Å². The minimum atomic E-state index is -3.45. The third-order valence-corrected chi connectivity index (χ3v) is 6.76. The third-order valence-electron chi connectivity index (χ3n) is 4.95. The lowest BCUT2D eigenvalue weighted by atomic mass is 9.84. The first kappa shape index (κ1) is 18.8. The van der Waals surface area contributed by atoms with Crippen LogP contribution in [0.2, 0.25) is 0 Å². The average molecular weight is 371 g/mol. The molecule has 0 saturated heterocycles. The molecule has 2 aromatic carbocycles. The maximum atomic E-state index is 12.6. The van der Waals surface area contributed by atoms with Gasteiger partial charge in [0.25, 0.3) is 0 Å². The lowest BCUT2D eigenvalue weighted by Gasteiger charge is -2.22. The SMILES string of the molecule is CNCCCC1c2ccccc2C=Cc2ccc(S(=O)(=O)N(C)C)cc21. The smallest absolute Gasteiger partial charge is 0.242 e. The van der Waals surface area contributed by atoms with Crippen molar-refractivity contribution in [2.24, 2.45) is 0 Å². The summed E-state index contributed by atoms with van der Waals surface area (Å²) in [5.41, 5.74) is 4.65. The molecule has 5 heteroatoms. The molecule has 1 N–H and O–H groups in total. The zero-order valence-corrected chi connectivity index (χ0v) is 16.4. The summed E-state index contributed by atoms with van der Waals surface area (Å²) in [6.07, 6.45) is 6.22. The summed E-state index contributed by atoms with van der Waals surface area (Å²) in [6, 6.07) is 13.9. The van der Waals surface area contributed by atoms with Crippen LogP contribution in [-0.2, 0) is 10.0 Å².